The lowest BCUT2D eigenvalue weighted by molar-refractivity contribution is 0.214. The van der Waals surface area contributed by atoms with Gasteiger partial charge in [-0.05, 0) is 20.0 Å². The predicted octanol–water partition coefficient (Wildman–Crippen LogP) is 1.11. The van der Waals surface area contributed by atoms with E-state index in [0.29, 0.717) is 29.1 Å². The second-order valence-electron chi connectivity index (χ2n) is 5.21. The molecule has 8 heteroatoms. The van der Waals surface area contributed by atoms with Gasteiger partial charge in [0.25, 0.3) is 5.56 Å². The minimum Gasteiger partial charge on any atom is -0.395 e. The Morgan fingerprint density at radius 2 is 2.27 bits per heavy atom. The molecule has 0 aromatic carbocycles. The normalized spacial score (nSPS) is 11.6. The summed E-state index contributed by atoms with van der Waals surface area (Å²) in [6.07, 6.45) is 1.75. The zero-order valence-electron chi connectivity index (χ0n) is 12.4. The van der Waals surface area contributed by atoms with E-state index in [1.807, 2.05) is 24.9 Å². The van der Waals surface area contributed by atoms with Crippen molar-refractivity contribution in [1.82, 2.24) is 25.1 Å². The third kappa shape index (κ3) is 2.80. The van der Waals surface area contributed by atoms with Gasteiger partial charge in [-0.25, -0.2) is 4.98 Å². The highest BCUT2D eigenvalue weighted by atomic mass is 32.1. The summed E-state index contributed by atoms with van der Waals surface area (Å²) in [7, 11) is 1.87. The van der Waals surface area contributed by atoms with Crippen molar-refractivity contribution in [2.75, 3.05) is 20.2 Å². The van der Waals surface area contributed by atoms with Crippen molar-refractivity contribution in [1.29, 1.82) is 0 Å². The Labute approximate surface area is 130 Å². The summed E-state index contributed by atoms with van der Waals surface area (Å²) in [5.74, 6) is 0.599. The number of nitrogens with one attached hydrogen (secondary N) is 2. The Bertz CT molecular complexity index is 850. The quantitative estimate of drug-likeness (QED) is 0.654. The van der Waals surface area contributed by atoms with Gasteiger partial charge >= 0.3 is 0 Å². The van der Waals surface area contributed by atoms with Crippen LogP contribution in [-0.2, 0) is 6.54 Å². The molecule has 3 aromatic rings. The van der Waals surface area contributed by atoms with Gasteiger partial charge in [-0.3, -0.25) is 14.8 Å². The van der Waals surface area contributed by atoms with Gasteiger partial charge in [0.05, 0.1) is 24.9 Å². The highest BCUT2D eigenvalue weighted by molar-refractivity contribution is 7.22. The number of aliphatic hydroxyl groups excluding tert-OH is 1. The van der Waals surface area contributed by atoms with Gasteiger partial charge in [0.2, 0.25) is 0 Å². The second-order valence-corrected chi connectivity index (χ2v) is 6.26. The molecule has 0 spiro atoms. The number of thiophene rings is 1. The summed E-state index contributed by atoms with van der Waals surface area (Å²) in [4.78, 5) is 22.4. The molecular weight excluding hydrogens is 302 g/mol. The third-order valence-electron chi connectivity index (χ3n) is 3.43. The van der Waals surface area contributed by atoms with Crippen molar-refractivity contribution in [3.05, 3.63) is 34.1 Å². The molecule has 22 heavy (non-hydrogen) atoms. The van der Waals surface area contributed by atoms with Crippen LogP contribution in [0, 0.1) is 6.92 Å². The second kappa shape index (κ2) is 5.99. The van der Waals surface area contributed by atoms with Gasteiger partial charge in [0.15, 0.2) is 0 Å². The Morgan fingerprint density at radius 3 is 2.95 bits per heavy atom. The topological polar surface area (TPSA) is 97.9 Å². The lowest BCUT2D eigenvalue weighted by Crippen LogP contribution is -2.24. The van der Waals surface area contributed by atoms with E-state index >= 15 is 0 Å². The zero-order chi connectivity index (χ0) is 15.7. The van der Waals surface area contributed by atoms with E-state index in [0.717, 1.165) is 16.1 Å². The van der Waals surface area contributed by atoms with Gasteiger partial charge in [0.1, 0.15) is 10.5 Å². The van der Waals surface area contributed by atoms with Crippen LogP contribution in [0.3, 0.4) is 0 Å². The van der Waals surface area contributed by atoms with Gasteiger partial charge in [-0.2, -0.15) is 5.10 Å². The number of nitrogens with zero attached hydrogens (tertiary/aromatic N) is 3. The van der Waals surface area contributed by atoms with Crippen molar-refractivity contribution in [3.8, 4) is 10.4 Å². The molecular formula is C14H17N5O2S. The van der Waals surface area contributed by atoms with E-state index < -0.39 is 0 Å². The fourth-order valence-corrected chi connectivity index (χ4v) is 3.36. The predicted molar refractivity (Wildman–Crippen MR) is 86.0 cm³/mol. The first-order valence-electron chi connectivity index (χ1n) is 6.91. The van der Waals surface area contributed by atoms with Crippen LogP contribution >= 0.6 is 11.3 Å². The summed E-state index contributed by atoms with van der Waals surface area (Å²) >= 11 is 1.41. The average molecular weight is 319 g/mol. The number of H-pyrrole nitrogens is 2. The number of aromatic amines is 2. The molecule has 0 unspecified atom stereocenters. The van der Waals surface area contributed by atoms with Crippen LogP contribution in [0.2, 0.25) is 0 Å². The number of rotatable bonds is 5. The Balaban J connectivity index is 2.00. The smallest absolute Gasteiger partial charge is 0.268 e. The monoisotopic (exact) mass is 319 g/mol. The van der Waals surface area contributed by atoms with Crippen LogP contribution in [0.5, 0.6) is 0 Å². The van der Waals surface area contributed by atoms with Crippen molar-refractivity contribution in [2.45, 2.75) is 13.5 Å². The maximum atomic E-state index is 12.2. The van der Waals surface area contributed by atoms with Gasteiger partial charge < -0.3 is 10.1 Å². The maximum absolute atomic E-state index is 12.2. The molecule has 0 aliphatic heterocycles. The molecule has 3 aromatic heterocycles. The summed E-state index contributed by atoms with van der Waals surface area (Å²) in [5.41, 5.74) is 2.51. The number of fused-ring (bicyclic) bond motifs is 1. The van der Waals surface area contributed by atoms with Crippen LogP contribution in [0.1, 0.15) is 11.5 Å². The lowest BCUT2D eigenvalue weighted by Gasteiger charge is -2.13. The highest BCUT2D eigenvalue weighted by Gasteiger charge is 2.13. The Kier molecular flexibility index (Phi) is 4.06. The minimum absolute atomic E-state index is 0.0747. The van der Waals surface area contributed by atoms with Crippen LogP contribution in [0.4, 0.5) is 0 Å². The molecule has 0 bridgehead atoms. The molecule has 0 saturated heterocycles. The lowest BCUT2D eigenvalue weighted by atomic mass is 10.2. The molecule has 3 heterocycles. The third-order valence-corrected chi connectivity index (χ3v) is 4.59. The average Bonchev–Trinajstić information content (AvgIpc) is 3.04. The fourth-order valence-electron chi connectivity index (χ4n) is 2.30. The summed E-state index contributed by atoms with van der Waals surface area (Å²) < 4.78 is 0.615. The van der Waals surface area contributed by atoms with E-state index in [1.54, 1.807) is 6.20 Å². The Hall–Kier alpha value is -2.03. The van der Waals surface area contributed by atoms with Gasteiger partial charge in [-0.15, -0.1) is 11.3 Å². The molecule has 0 aliphatic rings. The maximum Gasteiger partial charge on any atom is 0.268 e. The summed E-state index contributed by atoms with van der Waals surface area (Å²) in [5, 5.41) is 15.8. The number of aliphatic hydroxyl groups is 1. The minimum atomic E-state index is -0.130. The van der Waals surface area contributed by atoms with Crippen molar-refractivity contribution >= 4 is 21.6 Å². The zero-order valence-corrected chi connectivity index (χ0v) is 13.2. The molecule has 0 atom stereocenters. The number of aryl methyl sites for hydroxylation is 1. The number of hydrogen-bond donors (Lipinski definition) is 3. The standard InChI is InChI=1S/C14H17N5O2S/c1-8-9(6-15-18-8)11-5-10-13(22-11)14(21)17-12(16-10)7-19(2)3-4-20/h5-6,20H,3-4,7H2,1-2H3,(H,15,18)(H,16,17,21). The van der Waals surface area contributed by atoms with Crippen LogP contribution < -0.4 is 5.56 Å². The molecule has 3 N–H and O–H groups in total. The first-order valence-corrected chi connectivity index (χ1v) is 7.72. The van der Waals surface area contributed by atoms with E-state index in [2.05, 4.69) is 20.2 Å². The molecule has 3 rings (SSSR count). The van der Waals surface area contributed by atoms with E-state index in [4.69, 9.17) is 5.11 Å². The molecule has 0 amide bonds. The molecule has 0 fully saturated rings. The molecule has 0 saturated carbocycles. The molecule has 7 nitrogen and oxygen atoms in total. The Morgan fingerprint density at radius 1 is 1.45 bits per heavy atom. The number of aromatic nitrogens is 4. The van der Waals surface area contributed by atoms with Crippen LogP contribution in [-0.4, -0.2) is 50.4 Å². The molecule has 116 valence electrons. The molecule has 0 radical (unpaired) electrons. The van der Waals surface area contributed by atoms with E-state index in [9.17, 15) is 4.79 Å². The SMILES string of the molecule is Cc1[nH]ncc1-c1cc2nc(CN(C)CCO)[nH]c(=O)c2s1. The first kappa shape index (κ1) is 14.9. The molecule has 0 aliphatic carbocycles. The van der Waals surface area contributed by atoms with Gasteiger partial charge in [0, 0.05) is 22.7 Å². The summed E-state index contributed by atoms with van der Waals surface area (Å²) in [6, 6.07) is 1.92. The number of likely N-dealkylation sites (N-methyl/N-ethyl adjacent to an activating group) is 1. The fraction of sp³-hybridized carbons (Fsp3) is 0.357. The van der Waals surface area contributed by atoms with E-state index in [1.165, 1.54) is 11.3 Å². The number of hydrogen-bond acceptors (Lipinski definition) is 6. The van der Waals surface area contributed by atoms with Crippen molar-refractivity contribution in [3.63, 3.8) is 0 Å². The van der Waals surface area contributed by atoms with Crippen molar-refractivity contribution in [2.24, 2.45) is 0 Å². The first-order chi connectivity index (χ1) is 10.6. The van der Waals surface area contributed by atoms with Gasteiger partial charge in [-0.1, -0.05) is 0 Å². The van der Waals surface area contributed by atoms with Crippen molar-refractivity contribution < 1.29 is 5.11 Å². The summed E-state index contributed by atoms with van der Waals surface area (Å²) in [6.45, 7) is 3.04. The van der Waals surface area contributed by atoms with Crippen LogP contribution in [0.25, 0.3) is 20.7 Å². The van der Waals surface area contributed by atoms with E-state index in [-0.39, 0.29) is 12.2 Å². The highest BCUT2D eigenvalue weighted by Crippen LogP contribution is 2.31. The van der Waals surface area contributed by atoms with Crippen LogP contribution in [0.15, 0.2) is 17.1 Å². The largest absolute Gasteiger partial charge is 0.395 e.